The zero-order chi connectivity index (χ0) is 18.0. The van der Waals surface area contributed by atoms with Crippen LogP contribution >= 0.6 is 0 Å². The number of carbonyl (C=O) groups is 1. The Kier molecular flexibility index (Phi) is 5.80. The van der Waals surface area contributed by atoms with Gasteiger partial charge >= 0.3 is 0 Å². The molecule has 2 fully saturated rings. The maximum atomic E-state index is 13.1. The Bertz CT molecular complexity index is 566. The lowest BCUT2D eigenvalue weighted by molar-refractivity contribution is -0.138. The van der Waals surface area contributed by atoms with Crippen LogP contribution in [0.1, 0.15) is 38.7 Å². The number of benzene rings is 1. The maximum absolute atomic E-state index is 13.1. The summed E-state index contributed by atoms with van der Waals surface area (Å²) in [7, 11) is 0. The summed E-state index contributed by atoms with van der Waals surface area (Å²) < 4.78 is 0. The second-order valence-corrected chi connectivity index (χ2v) is 8.33. The lowest BCUT2D eigenvalue weighted by Gasteiger charge is -2.38. The van der Waals surface area contributed by atoms with Crippen LogP contribution in [0.25, 0.3) is 0 Å². The molecule has 5 atom stereocenters. The Balaban J connectivity index is 1.68. The van der Waals surface area contributed by atoms with Gasteiger partial charge in [-0.25, -0.2) is 0 Å². The topological polar surface area (TPSA) is 49.6 Å². The summed E-state index contributed by atoms with van der Waals surface area (Å²) in [5.74, 6) is 2.36. The van der Waals surface area contributed by atoms with Crippen molar-refractivity contribution in [2.24, 2.45) is 23.5 Å². The minimum absolute atomic E-state index is 0.0553. The first-order valence-electron chi connectivity index (χ1n) is 9.77. The largest absolute Gasteiger partial charge is 0.341 e. The van der Waals surface area contributed by atoms with Crippen LogP contribution in [0.3, 0.4) is 0 Å². The van der Waals surface area contributed by atoms with Crippen LogP contribution in [-0.4, -0.2) is 54.5 Å². The minimum Gasteiger partial charge on any atom is -0.341 e. The highest BCUT2D eigenvalue weighted by Gasteiger charge is 2.38. The molecule has 3 rings (SSSR count). The van der Waals surface area contributed by atoms with E-state index in [0.717, 1.165) is 26.2 Å². The van der Waals surface area contributed by atoms with Crippen LogP contribution < -0.4 is 5.73 Å². The van der Waals surface area contributed by atoms with Crippen molar-refractivity contribution < 1.29 is 4.79 Å². The van der Waals surface area contributed by atoms with E-state index in [-0.39, 0.29) is 6.04 Å². The van der Waals surface area contributed by atoms with Crippen molar-refractivity contribution in [2.75, 3.05) is 32.7 Å². The molecule has 2 aliphatic heterocycles. The fourth-order valence-corrected chi connectivity index (χ4v) is 4.80. The summed E-state index contributed by atoms with van der Waals surface area (Å²) in [6, 6.07) is 10.6. The fraction of sp³-hybridized carbons (Fsp3) is 0.667. The number of hydrogen-bond donors (Lipinski definition) is 1. The molecule has 2 aliphatic rings. The molecule has 138 valence electrons. The number of likely N-dealkylation sites (tertiary alicyclic amines) is 2. The van der Waals surface area contributed by atoms with Gasteiger partial charge in [0.05, 0.1) is 6.04 Å². The molecule has 4 heteroatoms. The van der Waals surface area contributed by atoms with Gasteiger partial charge in [0.25, 0.3) is 0 Å². The molecule has 1 aromatic rings. The first-order chi connectivity index (χ1) is 12.0. The summed E-state index contributed by atoms with van der Waals surface area (Å²) in [6.45, 7) is 10.9. The van der Waals surface area contributed by atoms with Crippen molar-refractivity contribution in [3.8, 4) is 0 Å². The highest BCUT2D eigenvalue weighted by atomic mass is 16.2. The van der Waals surface area contributed by atoms with E-state index in [1.165, 1.54) is 12.0 Å². The Labute approximate surface area is 152 Å². The normalized spacial score (nSPS) is 31.9. The molecule has 25 heavy (non-hydrogen) atoms. The van der Waals surface area contributed by atoms with E-state index >= 15 is 0 Å². The summed E-state index contributed by atoms with van der Waals surface area (Å²) in [4.78, 5) is 17.5. The van der Waals surface area contributed by atoms with E-state index < -0.39 is 0 Å². The predicted octanol–water partition coefficient (Wildman–Crippen LogP) is 2.55. The van der Waals surface area contributed by atoms with Crippen LogP contribution in [0.15, 0.2) is 30.3 Å². The van der Waals surface area contributed by atoms with Crippen LogP contribution in [0.4, 0.5) is 0 Å². The van der Waals surface area contributed by atoms with Gasteiger partial charge in [-0.1, -0.05) is 44.2 Å². The summed E-state index contributed by atoms with van der Waals surface area (Å²) in [6.07, 6.45) is 1.23. The number of hydrogen-bond acceptors (Lipinski definition) is 3. The number of carbonyl (C=O) groups excluding carboxylic acids is 1. The third kappa shape index (κ3) is 4.06. The molecule has 0 aliphatic carbocycles. The summed E-state index contributed by atoms with van der Waals surface area (Å²) >= 11 is 0. The lowest BCUT2D eigenvalue weighted by atomic mass is 9.89. The van der Waals surface area contributed by atoms with Crippen molar-refractivity contribution in [1.29, 1.82) is 0 Å². The highest BCUT2D eigenvalue weighted by molar-refractivity contribution is 5.81. The molecule has 1 aromatic carbocycles. The molecule has 2 N–H and O–H groups in total. The van der Waals surface area contributed by atoms with Gasteiger partial charge < -0.3 is 10.6 Å². The van der Waals surface area contributed by atoms with Crippen LogP contribution in [-0.2, 0) is 4.79 Å². The zero-order valence-electron chi connectivity index (χ0n) is 15.9. The lowest BCUT2D eigenvalue weighted by Crippen LogP contribution is -2.51. The summed E-state index contributed by atoms with van der Waals surface area (Å²) in [5, 5.41) is 0. The molecule has 2 saturated heterocycles. The smallest absolute Gasteiger partial charge is 0.239 e. The molecule has 0 bridgehead atoms. The highest BCUT2D eigenvalue weighted by Crippen LogP contribution is 2.33. The average molecular weight is 344 g/mol. The fourth-order valence-electron chi connectivity index (χ4n) is 4.80. The SMILES string of the molecule is CC1CC(C)CN(C(=O)C(C)N2C[C@@H](CN)[C@H](c3ccccc3)C2)C1. The average Bonchev–Trinajstić information content (AvgIpc) is 3.04. The molecule has 4 nitrogen and oxygen atoms in total. The van der Waals surface area contributed by atoms with Crippen molar-refractivity contribution in [3.63, 3.8) is 0 Å². The van der Waals surface area contributed by atoms with E-state index in [2.05, 4.69) is 60.9 Å². The zero-order valence-corrected chi connectivity index (χ0v) is 15.9. The van der Waals surface area contributed by atoms with Crippen molar-refractivity contribution in [1.82, 2.24) is 9.80 Å². The summed E-state index contributed by atoms with van der Waals surface area (Å²) in [5.41, 5.74) is 7.40. The third-order valence-corrected chi connectivity index (χ3v) is 6.09. The monoisotopic (exact) mass is 343 g/mol. The predicted molar refractivity (Wildman–Crippen MR) is 102 cm³/mol. The van der Waals surface area contributed by atoms with E-state index in [1.54, 1.807) is 0 Å². The van der Waals surface area contributed by atoms with Gasteiger partial charge in [-0.15, -0.1) is 0 Å². The molecule has 0 radical (unpaired) electrons. The van der Waals surface area contributed by atoms with Crippen LogP contribution in [0.5, 0.6) is 0 Å². The van der Waals surface area contributed by atoms with Gasteiger partial charge in [-0.2, -0.15) is 0 Å². The van der Waals surface area contributed by atoms with Gasteiger partial charge in [0.2, 0.25) is 5.91 Å². The second-order valence-electron chi connectivity index (χ2n) is 8.33. The van der Waals surface area contributed by atoms with Crippen LogP contribution in [0, 0.1) is 17.8 Å². The number of rotatable bonds is 4. The van der Waals surface area contributed by atoms with Gasteiger partial charge in [0.15, 0.2) is 0 Å². The standard InChI is InChI=1S/C21H33N3O/c1-15-9-16(2)12-24(11-15)21(25)17(3)23-13-19(10-22)20(14-23)18-7-5-4-6-8-18/h4-8,15-17,19-20H,9-14,22H2,1-3H3/t15?,16?,17?,19-,20+/m1/s1. The van der Waals surface area contributed by atoms with E-state index in [9.17, 15) is 4.79 Å². The first kappa shape index (κ1) is 18.4. The molecule has 0 spiro atoms. The number of piperidine rings is 1. The Hall–Kier alpha value is -1.39. The minimum atomic E-state index is -0.0553. The molecule has 1 amide bonds. The van der Waals surface area contributed by atoms with E-state index in [1.807, 2.05) is 0 Å². The van der Waals surface area contributed by atoms with Gasteiger partial charge in [0.1, 0.15) is 0 Å². The third-order valence-electron chi connectivity index (χ3n) is 6.09. The Morgan fingerprint density at radius 1 is 1.12 bits per heavy atom. The second kappa shape index (κ2) is 7.88. The molecule has 0 aromatic heterocycles. The van der Waals surface area contributed by atoms with Crippen molar-refractivity contribution in [2.45, 2.75) is 39.2 Å². The number of nitrogens with two attached hydrogens (primary N) is 1. The van der Waals surface area contributed by atoms with Gasteiger partial charge in [-0.05, 0) is 43.2 Å². The van der Waals surface area contributed by atoms with Crippen LogP contribution in [0.2, 0.25) is 0 Å². The quantitative estimate of drug-likeness (QED) is 0.914. The van der Waals surface area contributed by atoms with Crippen molar-refractivity contribution in [3.05, 3.63) is 35.9 Å². The van der Waals surface area contributed by atoms with Gasteiger partial charge in [-0.3, -0.25) is 9.69 Å². The Morgan fingerprint density at radius 2 is 1.76 bits per heavy atom. The number of amides is 1. The Morgan fingerprint density at radius 3 is 2.36 bits per heavy atom. The van der Waals surface area contributed by atoms with Crippen molar-refractivity contribution >= 4 is 5.91 Å². The molecule has 0 saturated carbocycles. The molecular weight excluding hydrogens is 310 g/mol. The molecular formula is C21H33N3O. The first-order valence-corrected chi connectivity index (χ1v) is 9.77. The number of nitrogens with zero attached hydrogens (tertiary/aromatic N) is 2. The maximum Gasteiger partial charge on any atom is 0.239 e. The van der Waals surface area contributed by atoms with E-state index in [4.69, 9.17) is 5.73 Å². The molecule has 2 heterocycles. The van der Waals surface area contributed by atoms with Gasteiger partial charge in [0, 0.05) is 32.1 Å². The van der Waals surface area contributed by atoms with E-state index in [0.29, 0.717) is 36.1 Å². The molecule has 3 unspecified atom stereocenters.